The topological polar surface area (TPSA) is 86.5 Å². The summed E-state index contributed by atoms with van der Waals surface area (Å²) in [4.78, 5) is 12.5. The van der Waals surface area contributed by atoms with Gasteiger partial charge in [0.05, 0.1) is 0 Å². The van der Waals surface area contributed by atoms with E-state index in [4.69, 9.17) is 13.9 Å². The van der Waals surface area contributed by atoms with Gasteiger partial charge in [-0.05, 0) is 48.3 Å². The molecule has 156 valence electrons. The number of aryl methyl sites for hydroxylation is 1. The van der Waals surface area contributed by atoms with Crippen molar-refractivity contribution in [2.24, 2.45) is 10.8 Å². The van der Waals surface area contributed by atoms with Gasteiger partial charge in [-0.1, -0.05) is 27.7 Å². The molecule has 0 bridgehead atoms. The Labute approximate surface area is 171 Å². The first-order chi connectivity index (χ1) is 13.7. The Hall–Kier alpha value is -2.57. The first-order valence-corrected chi connectivity index (χ1v) is 10.2. The third kappa shape index (κ3) is 4.71. The van der Waals surface area contributed by atoms with Crippen LogP contribution in [0.2, 0.25) is 0 Å². The van der Waals surface area contributed by atoms with Crippen molar-refractivity contribution in [1.29, 1.82) is 0 Å². The molecule has 1 aromatic heterocycles. The van der Waals surface area contributed by atoms with Crippen LogP contribution in [0.3, 0.4) is 0 Å². The molecule has 1 N–H and O–H groups in total. The molecule has 1 aliphatic heterocycles. The Bertz CT molecular complexity index is 887. The number of benzene rings is 1. The molecule has 2 heterocycles. The smallest absolute Gasteiger partial charge is 0.247 e. The zero-order valence-corrected chi connectivity index (χ0v) is 17.6. The lowest BCUT2D eigenvalue weighted by Crippen LogP contribution is -2.46. The van der Waals surface area contributed by atoms with E-state index in [-0.39, 0.29) is 29.6 Å². The normalized spacial score (nSPS) is 19.9. The van der Waals surface area contributed by atoms with E-state index in [1.807, 2.05) is 18.2 Å². The van der Waals surface area contributed by atoms with Crippen LogP contribution in [-0.4, -0.2) is 28.9 Å². The van der Waals surface area contributed by atoms with E-state index in [1.165, 1.54) is 6.42 Å². The number of nitrogens with one attached hydrogen (secondary N) is 1. The number of rotatable bonds is 5. The van der Waals surface area contributed by atoms with Crippen molar-refractivity contribution in [1.82, 2.24) is 15.5 Å². The molecule has 2 aliphatic rings. The summed E-state index contributed by atoms with van der Waals surface area (Å²) in [7, 11) is 0. The molecule has 2 aromatic rings. The summed E-state index contributed by atoms with van der Waals surface area (Å²) >= 11 is 0. The first kappa shape index (κ1) is 19.7. The molecule has 1 aliphatic carbocycles. The summed E-state index contributed by atoms with van der Waals surface area (Å²) < 4.78 is 16.4. The number of fused-ring (bicyclic) bond motifs is 1. The predicted molar refractivity (Wildman–Crippen MR) is 108 cm³/mol. The van der Waals surface area contributed by atoms with E-state index >= 15 is 0 Å². The molecule has 29 heavy (non-hydrogen) atoms. The van der Waals surface area contributed by atoms with Crippen LogP contribution in [-0.2, 0) is 11.2 Å². The monoisotopic (exact) mass is 399 g/mol. The van der Waals surface area contributed by atoms with Gasteiger partial charge in [0.25, 0.3) is 0 Å². The molecule has 0 atom stereocenters. The van der Waals surface area contributed by atoms with Crippen LogP contribution in [0.15, 0.2) is 22.6 Å². The third-order valence-corrected chi connectivity index (χ3v) is 5.57. The van der Waals surface area contributed by atoms with Gasteiger partial charge in [-0.25, -0.2) is 0 Å². The van der Waals surface area contributed by atoms with E-state index in [2.05, 4.69) is 43.2 Å². The van der Waals surface area contributed by atoms with Crippen LogP contribution in [0, 0.1) is 10.8 Å². The van der Waals surface area contributed by atoms with Gasteiger partial charge in [0, 0.05) is 24.4 Å². The minimum Gasteiger partial charge on any atom is -0.454 e. The van der Waals surface area contributed by atoms with Crippen molar-refractivity contribution >= 4 is 5.91 Å². The zero-order valence-electron chi connectivity index (χ0n) is 17.6. The second-order valence-corrected chi connectivity index (χ2v) is 9.75. The highest BCUT2D eigenvalue weighted by Crippen LogP contribution is 2.45. The second-order valence-electron chi connectivity index (χ2n) is 9.75. The zero-order chi connectivity index (χ0) is 20.6. The Morgan fingerprint density at radius 2 is 1.83 bits per heavy atom. The Morgan fingerprint density at radius 1 is 1.10 bits per heavy atom. The van der Waals surface area contributed by atoms with Crippen LogP contribution >= 0.6 is 0 Å². The maximum atomic E-state index is 12.5. The van der Waals surface area contributed by atoms with Gasteiger partial charge < -0.3 is 19.2 Å². The summed E-state index contributed by atoms with van der Waals surface area (Å²) in [6.07, 6.45) is 3.95. The minimum atomic E-state index is 0.0336. The fourth-order valence-corrected chi connectivity index (χ4v) is 4.97. The van der Waals surface area contributed by atoms with Crippen molar-refractivity contribution in [2.45, 2.75) is 65.8 Å². The highest BCUT2D eigenvalue weighted by molar-refractivity contribution is 5.76. The number of nitrogens with zero attached hydrogens (tertiary/aromatic N) is 2. The average Bonchev–Trinajstić information content (AvgIpc) is 3.25. The van der Waals surface area contributed by atoms with Gasteiger partial charge in [-0.3, -0.25) is 4.79 Å². The quantitative estimate of drug-likeness (QED) is 0.814. The number of carbonyl (C=O) groups is 1. The molecule has 1 fully saturated rings. The largest absolute Gasteiger partial charge is 0.454 e. The van der Waals surface area contributed by atoms with Crippen LogP contribution in [0.5, 0.6) is 11.5 Å². The van der Waals surface area contributed by atoms with Crippen LogP contribution in [0.4, 0.5) is 0 Å². The second kappa shape index (κ2) is 7.35. The summed E-state index contributed by atoms with van der Waals surface area (Å²) in [5, 5.41) is 11.4. The lowest BCUT2D eigenvalue weighted by atomic mass is 9.63. The lowest BCUT2D eigenvalue weighted by Gasteiger charge is -2.45. The Balaban J connectivity index is 1.32. The molecule has 1 aromatic carbocycles. The molecule has 1 amide bonds. The molecule has 4 rings (SSSR count). The molecule has 1 saturated carbocycles. The number of aromatic nitrogens is 2. The Morgan fingerprint density at radius 3 is 2.59 bits per heavy atom. The van der Waals surface area contributed by atoms with Gasteiger partial charge >= 0.3 is 0 Å². The summed E-state index contributed by atoms with van der Waals surface area (Å²) in [5.74, 6) is 2.28. The highest BCUT2D eigenvalue weighted by Gasteiger charge is 2.38. The van der Waals surface area contributed by atoms with Crippen molar-refractivity contribution in [3.8, 4) is 23.0 Å². The van der Waals surface area contributed by atoms with Crippen LogP contribution < -0.4 is 14.8 Å². The number of amides is 1. The fraction of sp³-hybridized carbons (Fsp3) is 0.591. The average molecular weight is 399 g/mol. The lowest BCUT2D eigenvalue weighted by molar-refractivity contribution is -0.122. The molecular weight excluding hydrogens is 370 g/mol. The van der Waals surface area contributed by atoms with Gasteiger partial charge in [-0.15, -0.1) is 10.2 Å². The van der Waals surface area contributed by atoms with Gasteiger partial charge in [0.15, 0.2) is 11.5 Å². The van der Waals surface area contributed by atoms with E-state index in [9.17, 15) is 4.79 Å². The van der Waals surface area contributed by atoms with Crippen molar-refractivity contribution in [2.75, 3.05) is 6.79 Å². The van der Waals surface area contributed by atoms with Crippen LogP contribution in [0.25, 0.3) is 11.5 Å². The molecule has 7 heteroatoms. The predicted octanol–water partition coefficient (Wildman–Crippen LogP) is 4.12. The maximum absolute atomic E-state index is 12.5. The van der Waals surface area contributed by atoms with E-state index in [0.717, 1.165) is 18.4 Å². The third-order valence-electron chi connectivity index (χ3n) is 5.57. The SMILES string of the molecule is CC1(C)CC(NC(=O)CCc2nnc(-c3ccc4c(c3)OCO4)o2)CC(C)(C)C1. The number of carbonyl (C=O) groups excluding carboxylic acids is 1. The summed E-state index contributed by atoms with van der Waals surface area (Å²) in [5.41, 5.74) is 1.25. The van der Waals surface area contributed by atoms with Gasteiger partial charge in [0.1, 0.15) is 0 Å². The standard InChI is InChI=1S/C22H29N3O4/c1-21(2)10-15(11-22(3,4)12-21)23-18(26)7-8-19-24-25-20(29-19)14-5-6-16-17(9-14)28-13-27-16/h5-6,9,15H,7-8,10-13H2,1-4H3,(H,23,26). The molecule has 7 nitrogen and oxygen atoms in total. The first-order valence-electron chi connectivity index (χ1n) is 10.2. The minimum absolute atomic E-state index is 0.0336. The molecule has 0 unspecified atom stereocenters. The van der Waals surface area contributed by atoms with E-state index in [0.29, 0.717) is 36.1 Å². The van der Waals surface area contributed by atoms with E-state index in [1.54, 1.807) is 0 Å². The number of hydrogen-bond donors (Lipinski definition) is 1. The highest BCUT2D eigenvalue weighted by atomic mass is 16.7. The fourth-order valence-electron chi connectivity index (χ4n) is 4.97. The number of hydrogen-bond acceptors (Lipinski definition) is 6. The molecule has 0 saturated heterocycles. The summed E-state index contributed by atoms with van der Waals surface area (Å²) in [6.45, 7) is 9.34. The number of ether oxygens (including phenoxy) is 2. The van der Waals surface area contributed by atoms with Crippen molar-refractivity contribution in [3.63, 3.8) is 0 Å². The van der Waals surface area contributed by atoms with Crippen molar-refractivity contribution < 1.29 is 18.7 Å². The molecule has 0 radical (unpaired) electrons. The van der Waals surface area contributed by atoms with Crippen LogP contribution in [0.1, 0.15) is 59.3 Å². The maximum Gasteiger partial charge on any atom is 0.247 e. The van der Waals surface area contributed by atoms with Gasteiger partial charge in [-0.2, -0.15) is 0 Å². The van der Waals surface area contributed by atoms with E-state index < -0.39 is 0 Å². The molecule has 0 spiro atoms. The Kier molecular flexibility index (Phi) is 5.00. The van der Waals surface area contributed by atoms with Crippen molar-refractivity contribution in [3.05, 3.63) is 24.1 Å². The summed E-state index contributed by atoms with van der Waals surface area (Å²) in [6, 6.07) is 5.71. The molecular formula is C22H29N3O4. The van der Waals surface area contributed by atoms with Gasteiger partial charge in [0.2, 0.25) is 24.5 Å².